The number of primary amides is 1. The van der Waals surface area contributed by atoms with Crippen LogP contribution in [0.15, 0.2) is 24.3 Å². The summed E-state index contributed by atoms with van der Waals surface area (Å²) < 4.78 is 10.2. The van der Waals surface area contributed by atoms with Crippen molar-refractivity contribution >= 4 is 12.0 Å². The molecule has 1 atom stereocenters. The summed E-state index contributed by atoms with van der Waals surface area (Å²) in [5.74, 6) is -0.0441. The number of amides is 2. The Hall–Kier alpha value is -2.24. The highest BCUT2D eigenvalue weighted by Crippen LogP contribution is 2.23. The molecule has 0 saturated heterocycles. The van der Waals surface area contributed by atoms with Gasteiger partial charge in [0, 0.05) is 6.54 Å². The maximum absolute atomic E-state index is 11.6. The van der Waals surface area contributed by atoms with Crippen molar-refractivity contribution in [2.24, 2.45) is 5.73 Å². The smallest absolute Gasteiger partial charge is 0.407 e. The molecule has 1 aromatic rings. The van der Waals surface area contributed by atoms with E-state index in [-0.39, 0.29) is 11.8 Å². The highest BCUT2D eigenvalue weighted by Gasteiger charge is 2.19. The van der Waals surface area contributed by atoms with E-state index in [1.54, 1.807) is 40.0 Å². The van der Waals surface area contributed by atoms with Crippen LogP contribution in [-0.4, -0.2) is 31.3 Å². The number of benzene rings is 1. The van der Waals surface area contributed by atoms with Crippen LogP contribution in [0.2, 0.25) is 0 Å². The van der Waals surface area contributed by atoms with Gasteiger partial charge in [-0.3, -0.25) is 4.79 Å². The molecule has 2 amide bonds. The molecule has 0 radical (unpaired) electrons. The van der Waals surface area contributed by atoms with Crippen molar-refractivity contribution in [2.75, 3.05) is 13.7 Å². The average molecular weight is 322 g/mol. The number of alkyl carbamates (subject to hydrolysis) is 1. The van der Waals surface area contributed by atoms with Gasteiger partial charge in [-0.25, -0.2) is 4.79 Å². The van der Waals surface area contributed by atoms with Gasteiger partial charge in [0.25, 0.3) is 0 Å². The zero-order valence-corrected chi connectivity index (χ0v) is 14.2. The highest BCUT2D eigenvalue weighted by atomic mass is 16.6. The minimum absolute atomic E-state index is 0.382. The van der Waals surface area contributed by atoms with E-state index in [2.05, 4.69) is 5.32 Å². The lowest BCUT2D eigenvalue weighted by Crippen LogP contribution is -2.33. The van der Waals surface area contributed by atoms with Gasteiger partial charge in [0.15, 0.2) is 0 Å². The standard InChI is InChI=1S/C17H26N2O4/c1-17(2,3)23-16(21)19-11-5-6-14(15(18)20)12-7-9-13(22-4)10-8-12/h7-10,14H,5-6,11H2,1-4H3,(H2,18,20)(H,19,21). The van der Waals surface area contributed by atoms with Crippen LogP contribution >= 0.6 is 0 Å². The number of hydrogen-bond donors (Lipinski definition) is 2. The Bertz CT molecular complexity index is 520. The molecule has 0 aliphatic heterocycles. The maximum atomic E-state index is 11.6. The summed E-state index contributed by atoms with van der Waals surface area (Å²) in [6, 6.07) is 7.25. The van der Waals surface area contributed by atoms with E-state index < -0.39 is 11.7 Å². The van der Waals surface area contributed by atoms with Crippen LogP contribution in [0.1, 0.15) is 45.1 Å². The van der Waals surface area contributed by atoms with Gasteiger partial charge in [0.1, 0.15) is 11.4 Å². The van der Waals surface area contributed by atoms with Crippen LogP contribution in [0, 0.1) is 0 Å². The van der Waals surface area contributed by atoms with Crippen molar-refractivity contribution in [3.8, 4) is 5.75 Å². The molecular formula is C17H26N2O4. The number of nitrogens with two attached hydrogens (primary N) is 1. The van der Waals surface area contributed by atoms with Gasteiger partial charge >= 0.3 is 6.09 Å². The van der Waals surface area contributed by atoms with Crippen LogP contribution in [-0.2, 0) is 9.53 Å². The monoisotopic (exact) mass is 322 g/mol. The first-order valence-corrected chi connectivity index (χ1v) is 7.63. The number of ether oxygens (including phenoxy) is 2. The molecule has 23 heavy (non-hydrogen) atoms. The molecule has 0 fully saturated rings. The van der Waals surface area contributed by atoms with Crippen LogP contribution in [0.25, 0.3) is 0 Å². The molecule has 6 heteroatoms. The summed E-state index contributed by atoms with van der Waals surface area (Å²) >= 11 is 0. The van der Waals surface area contributed by atoms with Gasteiger partial charge in [-0.2, -0.15) is 0 Å². The van der Waals surface area contributed by atoms with Crippen molar-refractivity contribution in [1.29, 1.82) is 0 Å². The molecule has 3 N–H and O–H groups in total. The summed E-state index contributed by atoms with van der Waals surface area (Å²) in [6.07, 6.45) is 0.716. The van der Waals surface area contributed by atoms with Crippen molar-refractivity contribution in [2.45, 2.75) is 45.1 Å². The molecule has 0 aromatic heterocycles. The molecule has 1 rings (SSSR count). The Balaban J connectivity index is 2.48. The van der Waals surface area contributed by atoms with E-state index in [4.69, 9.17) is 15.2 Å². The average Bonchev–Trinajstić information content (AvgIpc) is 2.45. The Labute approximate surface area is 137 Å². The van der Waals surface area contributed by atoms with Gasteiger partial charge in [-0.05, 0) is 51.3 Å². The molecule has 0 aliphatic rings. The summed E-state index contributed by atoms with van der Waals surface area (Å²) in [6.45, 7) is 5.84. The number of hydrogen-bond acceptors (Lipinski definition) is 4. The van der Waals surface area contributed by atoms with Crippen molar-refractivity contribution in [3.05, 3.63) is 29.8 Å². The van der Waals surface area contributed by atoms with Crippen LogP contribution in [0.5, 0.6) is 5.75 Å². The topological polar surface area (TPSA) is 90.7 Å². The SMILES string of the molecule is COc1ccc(C(CCCNC(=O)OC(C)(C)C)C(N)=O)cc1. The maximum Gasteiger partial charge on any atom is 0.407 e. The van der Waals surface area contributed by atoms with Gasteiger partial charge in [-0.1, -0.05) is 12.1 Å². The first-order valence-electron chi connectivity index (χ1n) is 7.63. The minimum atomic E-state index is -0.525. The minimum Gasteiger partial charge on any atom is -0.497 e. The fourth-order valence-electron chi connectivity index (χ4n) is 2.12. The number of nitrogens with one attached hydrogen (secondary N) is 1. The van der Waals surface area contributed by atoms with E-state index in [9.17, 15) is 9.59 Å². The molecule has 1 aromatic carbocycles. The van der Waals surface area contributed by atoms with E-state index in [0.29, 0.717) is 19.4 Å². The largest absolute Gasteiger partial charge is 0.497 e. The summed E-state index contributed by atoms with van der Waals surface area (Å²) in [4.78, 5) is 23.2. The van der Waals surface area contributed by atoms with Crippen LogP contribution < -0.4 is 15.8 Å². The number of carbonyl (C=O) groups is 2. The van der Waals surface area contributed by atoms with Crippen LogP contribution in [0.3, 0.4) is 0 Å². The quantitative estimate of drug-likeness (QED) is 0.755. The Kier molecular flexibility index (Phi) is 6.88. The predicted octanol–water partition coefficient (Wildman–Crippen LogP) is 2.57. The van der Waals surface area contributed by atoms with Crippen molar-refractivity contribution in [1.82, 2.24) is 5.32 Å². The highest BCUT2D eigenvalue weighted by molar-refractivity contribution is 5.81. The zero-order chi connectivity index (χ0) is 17.5. The summed E-state index contributed by atoms with van der Waals surface area (Å²) in [5.41, 5.74) is 5.80. The molecule has 128 valence electrons. The second-order valence-electron chi connectivity index (χ2n) is 6.30. The lowest BCUT2D eigenvalue weighted by Gasteiger charge is -2.20. The van der Waals surface area contributed by atoms with E-state index in [0.717, 1.165) is 11.3 Å². The number of carbonyl (C=O) groups excluding carboxylic acids is 2. The lowest BCUT2D eigenvalue weighted by atomic mass is 9.93. The Morgan fingerprint density at radius 1 is 1.22 bits per heavy atom. The van der Waals surface area contributed by atoms with Gasteiger partial charge in [0.2, 0.25) is 5.91 Å². The third-order valence-corrected chi connectivity index (χ3v) is 3.20. The molecular weight excluding hydrogens is 296 g/mol. The fraction of sp³-hybridized carbons (Fsp3) is 0.529. The first kappa shape index (κ1) is 18.8. The molecule has 0 aliphatic carbocycles. The molecule has 6 nitrogen and oxygen atoms in total. The lowest BCUT2D eigenvalue weighted by molar-refractivity contribution is -0.119. The van der Waals surface area contributed by atoms with Crippen molar-refractivity contribution in [3.63, 3.8) is 0 Å². The van der Waals surface area contributed by atoms with E-state index in [1.165, 1.54) is 0 Å². The van der Waals surface area contributed by atoms with Crippen LogP contribution in [0.4, 0.5) is 4.79 Å². The molecule has 1 unspecified atom stereocenters. The zero-order valence-electron chi connectivity index (χ0n) is 14.2. The molecule has 0 saturated carbocycles. The van der Waals surface area contributed by atoms with Crippen molar-refractivity contribution < 1.29 is 19.1 Å². The second kappa shape index (κ2) is 8.41. The van der Waals surface area contributed by atoms with Gasteiger partial charge in [0.05, 0.1) is 13.0 Å². The third kappa shape index (κ3) is 7.04. The predicted molar refractivity (Wildman–Crippen MR) is 88.4 cm³/mol. The number of methoxy groups -OCH3 is 1. The van der Waals surface area contributed by atoms with Gasteiger partial charge in [-0.15, -0.1) is 0 Å². The molecule has 0 spiro atoms. The fourth-order valence-corrected chi connectivity index (χ4v) is 2.12. The molecule has 0 bridgehead atoms. The van der Waals surface area contributed by atoms with Gasteiger partial charge < -0.3 is 20.5 Å². The van der Waals surface area contributed by atoms with E-state index >= 15 is 0 Å². The summed E-state index contributed by atoms with van der Waals surface area (Å²) in [5, 5.41) is 2.67. The summed E-state index contributed by atoms with van der Waals surface area (Å²) in [7, 11) is 1.59. The third-order valence-electron chi connectivity index (χ3n) is 3.20. The Morgan fingerprint density at radius 2 is 1.83 bits per heavy atom. The molecule has 0 heterocycles. The first-order chi connectivity index (χ1) is 10.7. The Morgan fingerprint density at radius 3 is 2.30 bits per heavy atom. The number of rotatable bonds is 7. The normalized spacial score (nSPS) is 12.3. The second-order valence-corrected chi connectivity index (χ2v) is 6.30. The van der Waals surface area contributed by atoms with E-state index in [1.807, 2.05) is 12.1 Å².